The van der Waals surface area contributed by atoms with Crippen molar-refractivity contribution in [2.75, 3.05) is 55.0 Å². The molecule has 2 aliphatic heterocycles. The molecule has 2 fully saturated rings. The van der Waals surface area contributed by atoms with Crippen molar-refractivity contribution in [3.05, 3.63) is 148 Å². The molecule has 0 atom stereocenters. The molecule has 10 heterocycles. The first-order chi connectivity index (χ1) is 37.7. The highest BCUT2D eigenvalue weighted by Crippen LogP contribution is 2.39. The minimum absolute atomic E-state index is 0.164. The van der Waals surface area contributed by atoms with Gasteiger partial charge in [-0.15, -0.1) is 0 Å². The Morgan fingerprint density at radius 3 is 1.35 bits per heavy atom. The number of β-amino-alcohol motifs (C(OH)–C–C–N with tert-alkyl or cyclic N) is 2. The van der Waals surface area contributed by atoms with E-state index in [9.17, 15) is 24.4 Å². The number of thiazole rings is 2. The van der Waals surface area contributed by atoms with Crippen LogP contribution in [0.2, 0.25) is 5.28 Å². The van der Waals surface area contributed by atoms with Crippen molar-refractivity contribution >= 4 is 85.2 Å². The topological polar surface area (TPSA) is 213 Å². The number of nitrogens with zero attached hydrogens (tertiary/aromatic N) is 16. The summed E-state index contributed by atoms with van der Waals surface area (Å²) in [4.78, 5) is 42.9. The molecule has 0 unspecified atom stereocenters. The Morgan fingerprint density at radius 2 is 0.987 bits per heavy atom. The summed E-state index contributed by atoms with van der Waals surface area (Å²) < 4.78 is 32.4. The highest BCUT2D eigenvalue weighted by atomic mass is 35.5. The molecular formula is C54H46Cl2F2N16O2S2. The largest absolute Gasteiger partial charge is 0.390 e. The number of aryl methyl sites for hydroxylation is 2. The van der Waals surface area contributed by atoms with Crippen LogP contribution in [0.5, 0.6) is 0 Å². The number of pyridine rings is 2. The lowest BCUT2D eigenvalue weighted by Gasteiger charge is -2.35. The summed E-state index contributed by atoms with van der Waals surface area (Å²) in [6.45, 7) is 6.43. The molecule has 24 heteroatoms. The third-order valence-corrected chi connectivity index (χ3v) is 15.3. The molecule has 18 nitrogen and oxygen atoms in total. The quantitative estimate of drug-likeness (QED) is 0.0911. The zero-order chi connectivity index (χ0) is 54.8. The number of fused-ring (bicyclic) bond motifs is 2. The zero-order valence-corrected chi connectivity index (χ0v) is 45.3. The van der Waals surface area contributed by atoms with E-state index in [0.29, 0.717) is 87.5 Å². The van der Waals surface area contributed by atoms with Crippen molar-refractivity contribution in [1.82, 2.24) is 53.1 Å². The third kappa shape index (κ3) is 11.1. The smallest absolute Gasteiger partial charge is 0.225 e. The Morgan fingerprint density at radius 1 is 0.590 bits per heavy atom. The van der Waals surface area contributed by atoms with E-state index in [1.54, 1.807) is 53.5 Å². The van der Waals surface area contributed by atoms with Crippen LogP contribution in [0.4, 0.5) is 36.6 Å². The van der Waals surface area contributed by atoms with E-state index in [2.05, 4.69) is 32.1 Å². The fourth-order valence-electron chi connectivity index (χ4n) is 8.65. The first kappa shape index (κ1) is 53.3. The molecule has 10 aromatic rings. The SMILES string of the molecule is CCc1nc2ccc(-c3cnc(Cl)nc3)cn2c1N(C)c1nc(-c2ccc(F)cc2)c(C#N)s1.CCc1nc2ccc(-c3cnc(N4CC(O)C4)nc3)cn2c1N(C)c1nc(-c2ccc(F)cc2)c(C#N)s1.OC1CN(Cl)C1. The molecule has 0 bridgehead atoms. The fourth-order valence-corrected chi connectivity index (χ4v) is 10.8. The summed E-state index contributed by atoms with van der Waals surface area (Å²) >= 11 is 13.7. The van der Waals surface area contributed by atoms with Gasteiger partial charge in [0.25, 0.3) is 0 Å². The van der Waals surface area contributed by atoms with E-state index in [1.807, 2.05) is 88.1 Å². The number of benzene rings is 2. The average molecular weight is 1120 g/mol. The number of anilines is 5. The van der Waals surface area contributed by atoms with Crippen molar-refractivity contribution in [3.8, 4) is 56.9 Å². The second-order valence-corrected chi connectivity index (χ2v) is 20.8. The summed E-state index contributed by atoms with van der Waals surface area (Å²) in [7, 11) is 3.80. The van der Waals surface area contributed by atoms with Gasteiger partial charge in [0, 0.05) is 111 Å². The van der Waals surface area contributed by atoms with Gasteiger partial charge in [0.15, 0.2) is 10.3 Å². The van der Waals surface area contributed by atoms with Crippen molar-refractivity contribution in [3.63, 3.8) is 0 Å². The summed E-state index contributed by atoms with van der Waals surface area (Å²) in [6.07, 6.45) is 11.8. The summed E-state index contributed by atoms with van der Waals surface area (Å²) in [5.74, 6) is 1.62. The lowest BCUT2D eigenvalue weighted by atomic mass is 10.1. The van der Waals surface area contributed by atoms with Crippen molar-refractivity contribution < 1.29 is 19.0 Å². The van der Waals surface area contributed by atoms with Gasteiger partial charge in [-0.05, 0) is 109 Å². The molecule has 8 aromatic heterocycles. The number of rotatable bonds is 11. The van der Waals surface area contributed by atoms with Crippen LogP contribution >= 0.6 is 46.1 Å². The monoisotopic (exact) mass is 1120 g/mol. The van der Waals surface area contributed by atoms with Crippen molar-refractivity contribution in [2.45, 2.75) is 38.9 Å². The maximum Gasteiger partial charge on any atom is 0.225 e. The average Bonchev–Trinajstić information content (AvgIpc) is 4.30. The van der Waals surface area contributed by atoms with Gasteiger partial charge in [-0.3, -0.25) is 8.80 Å². The van der Waals surface area contributed by atoms with E-state index in [4.69, 9.17) is 48.4 Å². The molecule has 2 aliphatic rings. The van der Waals surface area contributed by atoms with Crippen molar-refractivity contribution in [2.24, 2.45) is 0 Å². The minimum Gasteiger partial charge on any atom is -0.390 e. The van der Waals surface area contributed by atoms with E-state index in [-0.39, 0.29) is 29.1 Å². The second-order valence-electron chi connectivity index (χ2n) is 18.0. The standard InChI is InChI=1S/C27H23FN8OS.C24H17ClFN7S.C3H6ClNO/c1-3-21-25(34(2)27-33-24(22(10-29)38-27)16-4-7-19(28)8-5-16)36-13-17(6-9-23(36)32-21)18-11-30-26(31-12-18)35-14-20(37)15-35;1-3-18-22(33-13-15(6-9-20(33)30-18)16-11-28-23(25)29-12-16)32(2)24-31-21(19(10-27)34-24)14-4-7-17(26)8-5-14;4-5-1-3(6)2-5/h4-9,11-13,20,37H,3,14-15H2,1-2H3;4-9,11-13H,3H2,1-2H3;3,6H,1-2H2. The molecule has 2 N–H and O–H groups in total. The Bertz CT molecular complexity index is 3840. The van der Waals surface area contributed by atoms with Crippen LogP contribution in [0, 0.1) is 34.3 Å². The van der Waals surface area contributed by atoms with Crippen LogP contribution < -0.4 is 14.7 Å². The van der Waals surface area contributed by atoms with E-state index < -0.39 is 0 Å². The Hall–Kier alpha value is -8.06. The number of aliphatic hydroxyl groups excluding tert-OH is 2. The molecule has 2 aromatic carbocycles. The van der Waals surface area contributed by atoms with Gasteiger partial charge in [0.2, 0.25) is 11.2 Å². The lowest BCUT2D eigenvalue weighted by Crippen LogP contribution is -2.51. The van der Waals surface area contributed by atoms with Crippen LogP contribution in [-0.2, 0) is 12.8 Å². The number of nitriles is 2. The predicted octanol–water partition coefficient (Wildman–Crippen LogP) is 10.2. The number of imidazole rings is 2. The maximum atomic E-state index is 13.5. The van der Waals surface area contributed by atoms with Gasteiger partial charge >= 0.3 is 0 Å². The number of aliphatic hydroxyl groups is 2. The number of aromatic nitrogens is 10. The molecule has 2 saturated heterocycles. The molecule has 0 radical (unpaired) electrons. The molecule has 0 saturated carbocycles. The normalized spacial score (nSPS) is 13.5. The first-order valence-electron chi connectivity index (χ1n) is 24.4. The second kappa shape index (κ2) is 22.9. The first-order valence-corrected chi connectivity index (χ1v) is 26.7. The van der Waals surface area contributed by atoms with Crippen molar-refractivity contribution in [1.29, 1.82) is 10.5 Å². The molecule has 0 amide bonds. The highest BCUT2D eigenvalue weighted by molar-refractivity contribution is 7.17. The fraction of sp³-hybridized carbons (Fsp3) is 0.222. The highest BCUT2D eigenvalue weighted by Gasteiger charge is 2.28. The van der Waals surface area contributed by atoms with Crippen LogP contribution in [0.3, 0.4) is 0 Å². The number of hydrogen-bond acceptors (Lipinski definition) is 18. The number of hydrogen-bond donors (Lipinski definition) is 2. The van der Waals surface area contributed by atoms with Crippen LogP contribution in [-0.4, -0.2) is 116 Å². The van der Waals surface area contributed by atoms with Gasteiger partial charge in [-0.2, -0.15) is 10.5 Å². The maximum absolute atomic E-state index is 13.5. The molecule has 12 rings (SSSR count). The Kier molecular flexibility index (Phi) is 15.6. The Labute approximate surface area is 464 Å². The molecular weight excluding hydrogens is 1080 g/mol. The molecule has 78 heavy (non-hydrogen) atoms. The van der Waals surface area contributed by atoms with Crippen LogP contribution in [0.15, 0.2) is 110 Å². The Balaban J connectivity index is 0.000000160. The summed E-state index contributed by atoms with van der Waals surface area (Å²) in [6, 6.07) is 24.3. The van der Waals surface area contributed by atoms with Gasteiger partial charge in [0.05, 0.1) is 23.6 Å². The van der Waals surface area contributed by atoms with E-state index in [1.165, 1.54) is 46.9 Å². The van der Waals surface area contributed by atoms with E-state index >= 15 is 0 Å². The van der Waals surface area contributed by atoms with Crippen LogP contribution in [0.1, 0.15) is 35.0 Å². The summed E-state index contributed by atoms with van der Waals surface area (Å²) in [5.41, 5.74) is 9.30. The molecule has 0 aliphatic carbocycles. The van der Waals surface area contributed by atoms with Gasteiger partial charge in [-0.1, -0.05) is 36.5 Å². The predicted molar refractivity (Wildman–Crippen MR) is 298 cm³/mol. The summed E-state index contributed by atoms with van der Waals surface area (Å²) in [5, 5.41) is 39.0. The number of halogens is 4. The molecule has 394 valence electrons. The minimum atomic E-state index is -0.340. The van der Waals surface area contributed by atoms with E-state index in [0.717, 1.165) is 56.6 Å². The zero-order valence-electron chi connectivity index (χ0n) is 42.2. The van der Waals surface area contributed by atoms with Gasteiger partial charge in [0.1, 0.15) is 67.8 Å². The van der Waals surface area contributed by atoms with Gasteiger partial charge < -0.3 is 24.9 Å². The lowest BCUT2D eigenvalue weighted by molar-refractivity contribution is 0.0566. The van der Waals surface area contributed by atoms with Gasteiger partial charge in [-0.25, -0.2) is 53.1 Å². The van der Waals surface area contributed by atoms with Crippen LogP contribution in [0.25, 0.3) is 56.1 Å². The third-order valence-electron chi connectivity index (χ3n) is 12.8. The molecule has 0 spiro atoms.